The number of nitrogens with zero attached hydrogens (tertiary/aromatic N) is 1. The number of hydrazine groups is 1. The fourth-order valence-electron chi connectivity index (χ4n) is 3.57. The molecule has 2 aliphatic rings. The summed E-state index contributed by atoms with van der Waals surface area (Å²) in [6, 6.07) is 8.35. The van der Waals surface area contributed by atoms with Gasteiger partial charge in [0.05, 0.1) is 6.61 Å². The summed E-state index contributed by atoms with van der Waals surface area (Å²) in [7, 11) is 0. The molecule has 1 saturated heterocycles. The van der Waals surface area contributed by atoms with E-state index in [4.69, 9.17) is 4.74 Å². The van der Waals surface area contributed by atoms with Crippen LogP contribution in [0.1, 0.15) is 38.7 Å². The molecule has 1 aromatic carbocycles. The zero-order valence-corrected chi connectivity index (χ0v) is 18.8. The van der Waals surface area contributed by atoms with Crippen molar-refractivity contribution in [1.29, 1.82) is 0 Å². The number of nitrogens with one attached hydrogen (secondary N) is 3. The summed E-state index contributed by atoms with van der Waals surface area (Å²) in [6.45, 7) is 11.6. The van der Waals surface area contributed by atoms with E-state index in [1.807, 2.05) is 25.1 Å². The first kappa shape index (κ1) is 23.1. The Balaban J connectivity index is 1.43. The van der Waals surface area contributed by atoms with E-state index >= 15 is 0 Å². The Morgan fingerprint density at radius 1 is 1.32 bits per heavy atom. The maximum Gasteiger partial charge on any atom is 0.321 e. The van der Waals surface area contributed by atoms with Gasteiger partial charge in [0.1, 0.15) is 5.75 Å². The van der Waals surface area contributed by atoms with Crippen LogP contribution >= 0.6 is 0 Å². The number of allylic oxidation sites excluding steroid dienone is 1. The summed E-state index contributed by atoms with van der Waals surface area (Å²) in [5.41, 5.74) is 8.46. The van der Waals surface area contributed by atoms with Crippen molar-refractivity contribution in [2.45, 2.75) is 38.5 Å². The molecule has 1 heterocycles. The minimum Gasteiger partial charge on any atom is -0.493 e. The van der Waals surface area contributed by atoms with Crippen LogP contribution in [0, 0.1) is 5.92 Å². The van der Waals surface area contributed by atoms with Gasteiger partial charge in [-0.1, -0.05) is 49.9 Å². The van der Waals surface area contributed by atoms with Gasteiger partial charge in [-0.05, 0) is 43.4 Å². The molecule has 168 valence electrons. The summed E-state index contributed by atoms with van der Waals surface area (Å²) in [6.07, 6.45) is 11.7. The van der Waals surface area contributed by atoms with Crippen LogP contribution in [0.2, 0.25) is 0 Å². The molecular weight excluding hydrogens is 388 g/mol. The Labute approximate surface area is 186 Å². The highest BCUT2D eigenvalue weighted by Gasteiger charge is 2.25. The van der Waals surface area contributed by atoms with Gasteiger partial charge >= 0.3 is 6.03 Å². The zero-order chi connectivity index (χ0) is 22.1. The molecule has 1 unspecified atom stereocenters. The third-order valence-electron chi connectivity index (χ3n) is 5.76. The van der Waals surface area contributed by atoms with E-state index < -0.39 is 0 Å². The van der Waals surface area contributed by atoms with Crippen LogP contribution in [-0.2, 0) is 5.41 Å². The van der Waals surface area contributed by atoms with Gasteiger partial charge in [0, 0.05) is 43.7 Å². The zero-order valence-electron chi connectivity index (χ0n) is 18.8. The minimum absolute atomic E-state index is 0.0718. The lowest BCUT2D eigenvalue weighted by molar-refractivity contribution is 0.199. The summed E-state index contributed by atoms with van der Waals surface area (Å²) < 4.78 is 5.97. The molecule has 31 heavy (non-hydrogen) atoms. The molecule has 2 fully saturated rings. The van der Waals surface area contributed by atoms with Crippen LogP contribution in [-0.4, -0.2) is 43.7 Å². The van der Waals surface area contributed by atoms with Crippen molar-refractivity contribution in [1.82, 2.24) is 21.1 Å². The third kappa shape index (κ3) is 7.26. The average molecular weight is 425 g/mol. The standard InChI is InChI=1S/C25H36N4O2/c1-4-13-25(3,22-8-7-9-23(17-22)31-18-21-10-11-21)19-27-26-14-5-6-15-29-16-12-20(2)28-24(29)30/h4-9,13,17,21,26-27H,2,10-12,14-16,18-19H2,1,3H3,(H,28,30)/b6-5+,13-4?. The molecular formula is C25H36N4O2. The maximum absolute atomic E-state index is 11.9. The van der Waals surface area contributed by atoms with Crippen LogP contribution in [0.5, 0.6) is 5.75 Å². The van der Waals surface area contributed by atoms with Crippen molar-refractivity contribution >= 4 is 6.03 Å². The number of carbonyl (C=O) groups is 1. The van der Waals surface area contributed by atoms with Gasteiger partial charge in [-0.2, -0.15) is 0 Å². The highest BCUT2D eigenvalue weighted by Crippen LogP contribution is 2.31. The molecule has 1 atom stereocenters. The lowest BCUT2D eigenvalue weighted by Gasteiger charge is -2.28. The smallest absolute Gasteiger partial charge is 0.321 e. The summed E-state index contributed by atoms with van der Waals surface area (Å²) in [5, 5.41) is 2.77. The third-order valence-corrected chi connectivity index (χ3v) is 5.76. The maximum atomic E-state index is 11.9. The fourth-order valence-corrected chi connectivity index (χ4v) is 3.57. The molecule has 0 aromatic heterocycles. The average Bonchev–Trinajstić information content (AvgIpc) is 3.58. The molecule has 1 saturated carbocycles. The normalized spacial score (nSPS) is 19.1. The summed E-state index contributed by atoms with van der Waals surface area (Å²) in [5.74, 6) is 1.69. The number of hydrogen-bond donors (Lipinski definition) is 3. The predicted molar refractivity (Wildman–Crippen MR) is 126 cm³/mol. The Kier molecular flexibility index (Phi) is 8.32. The van der Waals surface area contributed by atoms with E-state index in [1.165, 1.54) is 18.4 Å². The quantitative estimate of drug-likeness (QED) is 0.271. The number of amides is 2. The van der Waals surface area contributed by atoms with Crippen LogP contribution in [0.15, 0.2) is 60.8 Å². The van der Waals surface area contributed by atoms with Crippen molar-refractivity contribution < 1.29 is 9.53 Å². The second kappa shape index (κ2) is 11.2. The van der Waals surface area contributed by atoms with Crippen molar-refractivity contribution in [3.63, 3.8) is 0 Å². The van der Waals surface area contributed by atoms with Crippen molar-refractivity contribution in [2.24, 2.45) is 5.92 Å². The van der Waals surface area contributed by atoms with Gasteiger partial charge in [-0.3, -0.25) is 10.9 Å². The summed E-state index contributed by atoms with van der Waals surface area (Å²) in [4.78, 5) is 13.6. The van der Waals surface area contributed by atoms with E-state index in [1.54, 1.807) is 4.90 Å². The van der Waals surface area contributed by atoms with Crippen molar-refractivity contribution in [2.75, 3.05) is 32.8 Å². The molecule has 3 rings (SSSR count). The number of ether oxygens (including phenoxy) is 1. The molecule has 3 N–H and O–H groups in total. The Morgan fingerprint density at radius 2 is 2.16 bits per heavy atom. The second-order valence-corrected chi connectivity index (χ2v) is 8.64. The highest BCUT2D eigenvalue weighted by atomic mass is 16.5. The van der Waals surface area contributed by atoms with Crippen LogP contribution in [0.25, 0.3) is 0 Å². The van der Waals surface area contributed by atoms with E-state index in [0.717, 1.165) is 36.9 Å². The minimum atomic E-state index is -0.154. The topological polar surface area (TPSA) is 65.6 Å². The first-order valence-electron chi connectivity index (χ1n) is 11.2. The summed E-state index contributed by atoms with van der Waals surface area (Å²) >= 11 is 0. The van der Waals surface area contributed by atoms with Gasteiger partial charge in [0.15, 0.2) is 0 Å². The van der Waals surface area contributed by atoms with E-state index in [-0.39, 0.29) is 11.4 Å². The Morgan fingerprint density at radius 3 is 2.90 bits per heavy atom. The van der Waals surface area contributed by atoms with Crippen molar-refractivity contribution in [3.05, 3.63) is 66.4 Å². The number of carbonyl (C=O) groups excluding carboxylic acids is 1. The predicted octanol–water partition coefficient (Wildman–Crippen LogP) is 3.89. The molecule has 0 radical (unpaired) electrons. The molecule has 1 aromatic rings. The monoisotopic (exact) mass is 424 g/mol. The van der Waals surface area contributed by atoms with Gasteiger partial charge in [0.2, 0.25) is 0 Å². The second-order valence-electron chi connectivity index (χ2n) is 8.64. The van der Waals surface area contributed by atoms with E-state index in [2.05, 4.69) is 60.0 Å². The van der Waals surface area contributed by atoms with Crippen LogP contribution < -0.4 is 20.9 Å². The number of rotatable bonds is 12. The first-order chi connectivity index (χ1) is 15.0. The molecule has 2 amide bonds. The van der Waals surface area contributed by atoms with Crippen LogP contribution in [0.3, 0.4) is 0 Å². The van der Waals surface area contributed by atoms with Gasteiger partial charge in [0.25, 0.3) is 0 Å². The SMILES string of the molecule is C=C1CCN(C/C=C/CNNCC(C)(C=CC)c2cccc(OCC3CC3)c2)C(=O)N1. The number of urea groups is 1. The highest BCUT2D eigenvalue weighted by molar-refractivity contribution is 5.77. The molecule has 0 spiro atoms. The molecule has 6 heteroatoms. The van der Waals surface area contributed by atoms with Gasteiger partial charge in [-0.25, -0.2) is 4.79 Å². The van der Waals surface area contributed by atoms with E-state index in [9.17, 15) is 4.79 Å². The molecule has 1 aliphatic carbocycles. The Bertz CT molecular complexity index is 815. The molecule has 0 bridgehead atoms. The van der Waals surface area contributed by atoms with Gasteiger partial charge in [-0.15, -0.1) is 0 Å². The lowest BCUT2D eigenvalue weighted by atomic mass is 9.82. The largest absolute Gasteiger partial charge is 0.493 e. The molecule has 6 nitrogen and oxygen atoms in total. The first-order valence-corrected chi connectivity index (χ1v) is 11.2. The molecule has 1 aliphatic heterocycles. The lowest BCUT2D eigenvalue weighted by Crippen LogP contribution is -2.45. The van der Waals surface area contributed by atoms with Gasteiger partial charge < -0.3 is 15.0 Å². The number of benzene rings is 1. The number of hydrogen-bond acceptors (Lipinski definition) is 4. The van der Waals surface area contributed by atoms with Crippen molar-refractivity contribution in [3.8, 4) is 5.75 Å². The fraction of sp³-hybridized carbons (Fsp3) is 0.480. The van der Waals surface area contributed by atoms with E-state index in [0.29, 0.717) is 19.6 Å². The Hall–Kier alpha value is -2.57. The van der Waals surface area contributed by atoms with Crippen LogP contribution in [0.4, 0.5) is 4.79 Å².